The standard InChI is InChI=1S/C13H17NO3S/c1-14(13(15)16)11-7-8-12(18(2)17)10-6-4-3-5-9(10)11/h7-8H,3-6H2,1-2H3,(H,15,16). The second kappa shape index (κ2) is 5.10. The molecule has 0 spiro atoms. The van der Waals surface area contributed by atoms with E-state index < -0.39 is 16.9 Å². The number of nitrogens with zero attached hydrogens (tertiary/aromatic N) is 1. The topological polar surface area (TPSA) is 57.6 Å². The summed E-state index contributed by atoms with van der Waals surface area (Å²) in [5.74, 6) is 0. The molecule has 18 heavy (non-hydrogen) atoms. The minimum absolute atomic E-state index is 0.728. The molecule has 0 radical (unpaired) electrons. The Hall–Kier alpha value is -1.36. The summed E-state index contributed by atoms with van der Waals surface area (Å²) >= 11 is 0. The molecule has 5 heteroatoms. The third-order valence-electron chi connectivity index (χ3n) is 3.43. The van der Waals surface area contributed by atoms with Crippen LogP contribution in [0.1, 0.15) is 24.0 Å². The summed E-state index contributed by atoms with van der Waals surface area (Å²) in [7, 11) is 0.534. The molecule has 98 valence electrons. The average Bonchev–Trinajstić information content (AvgIpc) is 2.36. The Kier molecular flexibility index (Phi) is 3.71. The Morgan fingerprint density at radius 2 is 1.89 bits per heavy atom. The summed E-state index contributed by atoms with van der Waals surface area (Å²) in [4.78, 5) is 13.2. The number of fused-ring (bicyclic) bond motifs is 1. The lowest BCUT2D eigenvalue weighted by Crippen LogP contribution is -2.26. The van der Waals surface area contributed by atoms with Gasteiger partial charge in [-0.3, -0.25) is 9.11 Å². The van der Waals surface area contributed by atoms with E-state index in [2.05, 4.69) is 0 Å². The Labute approximate surface area is 109 Å². The molecular weight excluding hydrogens is 250 g/mol. The molecule has 0 fully saturated rings. The van der Waals surface area contributed by atoms with E-state index >= 15 is 0 Å². The van der Waals surface area contributed by atoms with Crippen molar-refractivity contribution in [3.8, 4) is 0 Å². The zero-order valence-corrected chi connectivity index (χ0v) is 11.4. The molecule has 4 nitrogen and oxygen atoms in total. The van der Waals surface area contributed by atoms with Crippen LogP contribution in [0.15, 0.2) is 17.0 Å². The fraction of sp³-hybridized carbons (Fsp3) is 0.462. The minimum atomic E-state index is -1.02. The van der Waals surface area contributed by atoms with E-state index in [0.29, 0.717) is 0 Å². The van der Waals surface area contributed by atoms with Gasteiger partial charge in [0.15, 0.2) is 0 Å². The lowest BCUT2D eigenvalue weighted by Gasteiger charge is -2.25. The van der Waals surface area contributed by atoms with E-state index in [1.807, 2.05) is 0 Å². The first-order chi connectivity index (χ1) is 8.52. The van der Waals surface area contributed by atoms with Gasteiger partial charge in [0.25, 0.3) is 0 Å². The highest BCUT2D eigenvalue weighted by Gasteiger charge is 2.22. The second-order valence-electron chi connectivity index (χ2n) is 4.54. The van der Waals surface area contributed by atoms with Gasteiger partial charge in [0, 0.05) is 18.2 Å². The zero-order valence-electron chi connectivity index (χ0n) is 10.6. The third kappa shape index (κ3) is 2.27. The first-order valence-corrected chi connectivity index (χ1v) is 7.53. The number of hydrogen-bond donors (Lipinski definition) is 1. The summed E-state index contributed by atoms with van der Waals surface area (Å²) in [5, 5.41) is 9.08. The van der Waals surface area contributed by atoms with Crippen LogP contribution in [0.25, 0.3) is 0 Å². The van der Waals surface area contributed by atoms with E-state index in [-0.39, 0.29) is 0 Å². The third-order valence-corrected chi connectivity index (χ3v) is 4.43. The van der Waals surface area contributed by atoms with Crippen molar-refractivity contribution >= 4 is 22.6 Å². The van der Waals surface area contributed by atoms with Crippen LogP contribution in [0, 0.1) is 0 Å². The molecule has 1 aliphatic rings. The normalized spacial score (nSPS) is 15.9. The van der Waals surface area contributed by atoms with Gasteiger partial charge in [0.1, 0.15) is 0 Å². The molecule has 0 aromatic heterocycles. The highest BCUT2D eigenvalue weighted by Crippen LogP contribution is 2.33. The number of amides is 1. The van der Waals surface area contributed by atoms with Crippen molar-refractivity contribution < 1.29 is 14.1 Å². The predicted octanol–water partition coefficient (Wildman–Crippen LogP) is 2.42. The number of carbonyl (C=O) groups is 1. The highest BCUT2D eigenvalue weighted by atomic mass is 32.2. The molecule has 1 aromatic carbocycles. The van der Waals surface area contributed by atoms with Crippen LogP contribution >= 0.6 is 0 Å². The van der Waals surface area contributed by atoms with E-state index in [0.717, 1.165) is 47.4 Å². The molecule has 0 heterocycles. The van der Waals surface area contributed by atoms with Crippen molar-refractivity contribution in [2.75, 3.05) is 18.2 Å². The van der Waals surface area contributed by atoms with Gasteiger partial charge in [-0.05, 0) is 48.9 Å². The van der Waals surface area contributed by atoms with Gasteiger partial charge in [0.2, 0.25) is 0 Å². The maximum Gasteiger partial charge on any atom is 0.411 e. The molecule has 0 bridgehead atoms. The van der Waals surface area contributed by atoms with Crippen molar-refractivity contribution in [1.29, 1.82) is 0 Å². The maximum absolute atomic E-state index is 11.7. The van der Waals surface area contributed by atoms with Crippen LogP contribution in [0.2, 0.25) is 0 Å². The van der Waals surface area contributed by atoms with Crippen molar-refractivity contribution in [3.63, 3.8) is 0 Å². The molecule has 1 aliphatic carbocycles. The van der Waals surface area contributed by atoms with Crippen LogP contribution < -0.4 is 4.90 Å². The van der Waals surface area contributed by atoms with Gasteiger partial charge >= 0.3 is 6.09 Å². The van der Waals surface area contributed by atoms with Gasteiger partial charge in [-0.15, -0.1) is 0 Å². The Morgan fingerprint density at radius 3 is 2.44 bits per heavy atom. The van der Waals surface area contributed by atoms with Crippen LogP contribution in [-0.4, -0.2) is 28.7 Å². The summed E-state index contributed by atoms with van der Waals surface area (Å²) < 4.78 is 11.7. The monoisotopic (exact) mass is 267 g/mol. The summed E-state index contributed by atoms with van der Waals surface area (Å²) in [6, 6.07) is 3.57. The molecule has 0 aliphatic heterocycles. The second-order valence-corrected chi connectivity index (χ2v) is 5.89. The zero-order chi connectivity index (χ0) is 13.3. The molecule has 1 N–H and O–H groups in total. The molecule has 1 atom stereocenters. The van der Waals surface area contributed by atoms with Gasteiger partial charge in [-0.1, -0.05) is 0 Å². The largest absolute Gasteiger partial charge is 0.465 e. The number of anilines is 1. The van der Waals surface area contributed by atoms with E-state index in [1.54, 1.807) is 25.4 Å². The first kappa shape index (κ1) is 13.1. The molecular formula is C13H17NO3S. The molecule has 1 aromatic rings. The van der Waals surface area contributed by atoms with Crippen molar-refractivity contribution in [3.05, 3.63) is 23.3 Å². The molecule has 1 amide bonds. The Balaban J connectivity index is 2.57. The van der Waals surface area contributed by atoms with Gasteiger partial charge in [-0.2, -0.15) is 0 Å². The first-order valence-electron chi connectivity index (χ1n) is 5.97. The fourth-order valence-electron chi connectivity index (χ4n) is 2.50. The maximum atomic E-state index is 11.7. The van der Waals surface area contributed by atoms with E-state index in [4.69, 9.17) is 5.11 Å². The fourth-order valence-corrected chi connectivity index (χ4v) is 3.33. The number of benzene rings is 1. The molecule has 2 rings (SSSR count). The van der Waals surface area contributed by atoms with Crippen LogP contribution in [0.4, 0.5) is 10.5 Å². The Morgan fingerprint density at radius 1 is 1.28 bits per heavy atom. The quantitative estimate of drug-likeness (QED) is 0.895. The average molecular weight is 267 g/mol. The summed E-state index contributed by atoms with van der Waals surface area (Å²) in [6.45, 7) is 0. The lowest BCUT2D eigenvalue weighted by molar-refractivity contribution is 0.203. The van der Waals surface area contributed by atoms with Gasteiger partial charge in [0.05, 0.1) is 16.5 Å². The number of rotatable bonds is 2. The minimum Gasteiger partial charge on any atom is -0.465 e. The lowest BCUT2D eigenvalue weighted by atomic mass is 9.90. The predicted molar refractivity (Wildman–Crippen MR) is 71.8 cm³/mol. The van der Waals surface area contributed by atoms with Crippen LogP contribution in [0.5, 0.6) is 0 Å². The van der Waals surface area contributed by atoms with Crippen LogP contribution in [0.3, 0.4) is 0 Å². The Bertz CT molecular complexity index is 513. The molecule has 1 unspecified atom stereocenters. The molecule has 0 saturated carbocycles. The summed E-state index contributed by atoms with van der Waals surface area (Å²) in [5.41, 5.74) is 2.87. The van der Waals surface area contributed by atoms with Crippen molar-refractivity contribution in [2.45, 2.75) is 30.6 Å². The van der Waals surface area contributed by atoms with E-state index in [9.17, 15) is 9.00 Å². The van der Waals surface area contributed by atoms with Gasteiger partial charge in [-0.25, -0.2) is 4.79 Å². The van der Waals surface area contributed by atoms with Gasteiger partial charge < -0.3 is 5.11 Å². The number of hydrogen-bond acceptors (Lipinski definition) is 2. The highest BCUT2D eigenvalue weighted by molar-refractivity contribution is 7.84. The smallest absolute Gasteiger partial charge is 0.411 e. The van der Waals surface area contributed by atoms with Crippen LogP contribution in [-0.2, 0) is 23.6 Å². The van der Waals surface area contributed by atoms with E-state index in [1.165, 1.54) is 4.90 Å². The van der Waals surface area contributed by atoms with Crippen molar-refractivity contribution in [1.82, 2.24) is 0 Å². The SMILES string of the molecule is CN(C(=O)O)c1ccc(S(C)=O)c2c1CCCC2. The molecule has 0 saturated heterocycles. The number of carboxylic acid groups (broad SMARTS) is 1. The summed E-state index contributed by atoms with van der Waals surface area (Å²) in [6.07, 6.45) is 4.61. The van der Waals surface area contributed by atoms with Crippen molar-refractivity contribution in [2.24, 2.45) is 0 Å².